The molecular formula is C11H9F3N2O. The number of phenols is 1. The number of hydrogen-bond donors (Lipinski definition) is 1. The molecule has 3 nitrogen and oxygen atoms in total. The second kappa shape index (κ2) is 4.12. The molecule has 2 rings (SSSR count). The van der Waals surface area contributed by atoms with Crippen molar-refractivity contribution in [1.29, 1.82) is 0 Å². The van der Waals surface area contributed by atoms with E-state index in [0.717, 1.165) is 11.6 Å². The zero-order valence-electron chi connectivity index (χ0n) is 8.65. The Kier molecular flexibility index (Phi) is 2.79. The van der Waals surface area contributed by atoms with Gasteiger partial charge in [-0.05, 0) is 23.8 Å². The molecule has 0 unspecified atom stereocenters. The molecule has 0 spiro atoms. The molecule has 17 heavy (non-hydrogen) atoms. The minimum absolute atomic E-state index is 0.116. The predicted molar refractivity (Wildman–Crippen MR) is 54.4 cm³/mol. The molecular weight excluding hydrogens is 233 g/mol. The highest BCUT2D eigenvalue weighted by atomic mass is 19.4. The van der Waals surface area contributed by atoms with Crippen LogP contribution in [0.15, 0.2) is 36.5 Å². The van der Waals surface area contributed by atoms with E-state index in [1.165, 1.54) is 23.0 Å². The van der Waals surface area contributed by atoms with Gasteiger partial charge in [0.2, 0.25) is 0 Å². The molecule has 2 aromatic rings. The van der Waals surface area contributed by atoms with Crippen molar-refractivity contribution in [3.8, 4) is 5.75 Å². The lowest BCUT2D eigenvalue weighted by atomic mass is 10.2. The molecule has 0 atom stereocenters. The number of halogens is 3. The summed E-state index contributed by atoms with van der Waals surface area (Å²) in [4.78, 5) is 0. The number of alkyl halides is 3. The maximum absolute atomic E-state index is 12.3. The summed E-state index contributed by atoms with van der Waals surface area (Å²) in [6, 6.07) is 7.14. The van der Waals surface area contributed by atoms with Crippen molar-refractivity contribution in [2.45, 2.75) is 12.7 Å². The molecule has 0 aliphatic heterocycles. The minimum Gasteiger partial charge on any atom is -0.508 e. The van der Waals surface area contributed by atoms with Crippen molar-refractivity contribution in [1.82, 2.24) is 9.78 Å². The summed E-state index contributed by atoms with van der Waals surface area (Å²) in [6.45, 7) is 0.232. The van der Waals surface area contributed by atoms with E-state index in [0.29, 0.717) is 0 Å². The van der Waals surface area contributed by atoms with Gasteiger partial charge in [0.15, 0.2) is 5.69 Å². The van der Waals surface area contributed by atoms with Gasteiger partial charge in [0.1, 0.15) is 5.75 Å². The van der Waals surface area contributed by atoms with Crippen molar-refractivity contribution in [2.24, 2.45) is 0 Å². The maximum Gasteiger partial charge on any atom is 0.435 e. The summed E-state index contributed by atoms with van der Waals surface area (Å²) >= 11 is 0. The lowest BCUT2D eigenvalue weighted by molar-refractivity contribution is -0.141. The van der Waals surface area contributed by atoms with Gasteiger partial charge in [-0.25, -0.2) is 0 Å². The molecule has 1 aromatic carbocycles. The highest BCUT2D eigenvalue weighted by Gasteiger charge is 2.33. The van der Waals surface area contributed by atoms with Crippen LogP contribution >= 0.6 is 0 Å². The third-order valence-electron chi connectivity index (χ3n) is 2.21. The SMILES string of the molecule is Oc1ccc(Cn2ccc(C(F)(F)F)n2)cc1. The quantitative estimate of drug-likeness (QED) is 0.879. The van der Waals surface area contributed by atoms with Crippen LogP contribution in [0.1, 0.15) is 11.3 Å². The second-order valence-corrected chi connectivity index (χ2v) is 3.56. The van der Waals surface area contributed by atoms with E-state index in [1.807, 2.05) is 0 Å². The highest BCUT2D eigenvalue weighted by Crippen LogP contribution is 2.27. The summed E-state index contributed by atoms with van der Waals surface area (Å²) in [5.41, 5.74) is -0.143. The van der Waals surface area contributed by atoms with Crippen molar-refractivity contribution in [3.05, 3.63) is 47.8 Å². The van der Waals surface area contributed by atoms with E-state index in [-0.39, 0.29) is 12.3 Å². The summed E-state index contributed by atoms with van der Waals surface area (Å²) in [7, 11) is 0. The maximum atomic E-state index is 12.3. The van der Waals surface area contributed by atoms with Crippen molar-refractivity contribution in [3.63, 3.8) is 0 Å². The van der Waals surface area contributed by atoms with Gasteiger partial charge < -0.3 is 5.11 Å². The molecule has 90 valence electrons. The number of benzene rings is 1. The van der Waals surface area contributed by atoms with Crippen LogP contribution in [0.2, 0.25) is 0 Å². The molecule has 1 aromatic heterocycles. The fraction of sp³-hybridized carbons (Fsp3) is 0.182. The van der Waals surface area contributed by atoms with Crippen LogP contribution in [-0.4, -0.2) is 14.9 Å². The zero-order chi connectivity index (χ0) is 12.5. The Hall–Kier alpha value is -1.98. The molecule has 0 aliphatic rings. The number of rotatable bonds is 2. The van der Waals surface area contributed by atoms with Crippen LogP contribution in [0.3, 0.4) is 0 Å². The van der Waals surface area contributed by atoms with Gasteiger partial charge in [0.25, 0.3) is 0 Å². The summed E-state index contributed by atoms with van der Waals surface area (Å²) in [5.74, 6) is 0.116. The Morgan fingerprint density at radius 1 is 1.12 bits per heavy atom. The van der Waals surface area contributed by atoms with E-state index in [2.05, 4.69) is 5.10 Å². The van der Waals surface area contributed by atoms with Crippen LogP contribution < -0.4 is 0 Å². The largest absolute Gasteiger partial charge is 0.508 e. The molecule has 0 fully saturated rings. The summed E-state index contributed by atoms with van der Waals surface area (Å²) in [6.07, 6.45) is -3.14. The first-order valence-electron chi connectivity index (χ1n) is 4.84. The van der Waals surface area contributed by atoms with Gasteiger partial charge in [-0.3, -0.25) is 4.68 Å². The minimum atomic E-state index is -4.42. The lowest BCUT2D eigenvalue weighted by Gasteiger charge is -2.03. The Labute approximate surface area is 95.1 Å². The highest BCUT2D eigenvalue weighted by molar-refractivity contribution is 5.26. The van der Waals surface area contributed by atoms with Gasteiger partial charge in [-0.1, -0.05) is 12.1 Å². The van der Waals surface area contributed by atoms with Crippen molar-refractivity contribution < 1.29 is 18.3 Å². The van der Waals surface area contributed by atoms with Gasteiger partial charge in [0.05, 0.1) is 6.54 Å². The van der Waals surface area contributed by atoms with Gasteiger partial charge >= 0.3 is 6.18 Å². The Balaban J connectivity index is 2.14. The third kappa shape index (κ3) is 2.77. The first-order chi connectivity index (χ1) is 7.95. The average molecular weight is 242 g/mol. The number of phenolic OH excluding ortho intramolecular Hbond substituents is 1. The topological polar surface area (TPSA) is 38.0 Å². The number of aromatic hydroxyl groups is 1. The zero-order valence-corrected chi connectivity index (χ0v) is 8.65. The van der Waals surface area contributed by atoms with Crippen molar-refractivity contribution in [2.75, 3.05) is 0 Å². The summed E-state index contributed by atoms with van der Waals surface area (Å²) in [5, 5.41) is 12.5. The van der Waals surface area contributed by atoms with Gasteiger partial charge in [-0.2, -0.15) is 18.3 Å². The number of hydrogen-bond acceptors (Lipinski definition) is 2. The lowest BCUT2D eigenvalue weighted by Crippen LogP contribution is -2.08. The van der Waals surface area contributed by atoms with Crippen LogP contribution in [0.5, 0.6) is 5.75 Å². The standard InChI is InChI=1S/C11H9F3N2O/c12-11(13,14)10-5-6-16(15-10)7-8-1-3-9(17)4-2-8/h1-6,17H,7H2. The number of aromatic nitrogens is 2. The van der Waals surface area contributed by atoms with Crippen LogP contribution in [0.4, 0.5) is 13.2 Å². The van der Waals surface area contributed by atoms with Crippen LogP contribution in [-0.2, 0) is 12.7 Å². The van der Waals surface area contributed by atoms with Crippen LogP contribution in [0.25, 0.3) is 0 Å². The normalized spacial score (nSPS) is 11.7. The molecule has 0 amide bonds. The average Bonchev–Trinajstić information content (AvgIpc) is 2.69. The summed E-state index contributed by atoms with van der Waals surface area (Å²) < 4.78 is 38.1. The first-order valence-corrected chi connectivity index (χ1v) is 4.84. The molecule has 6 heteroatoms. The third-order valence-corrected chi connectivity index (χ3v) is 2.21. The molecule has 1 N–H and O–H groups in total. The molecule has 0 saturated heterocycles. The fourth-order valence-corrected chi connectivity index (χ4v) is 1.39. The van der Waals surface area contributed by atoms with E-state index < -0.39 is 11.9 Å². The molecule has 0 aliphatic carbocycles. The smallest absolute Gasteiger partial charge is 0.435 e. The first kappa shape index (κ1) is 11.5. The van der Waals surface area contributed by atoms with E-state index in [1.54, 1.807) is 12.1 Å². The van der Waals surface area contributed by atoms with Gasteiger partial charge in [-0.15, -0.1) is 0 Å². The Bertz CT molecular complexity index is 502. The van der Waals surface area contributed by atoms with Crippen LogP contribution in [0, 0.1) is 0 Å². The Morgan fingerprint density at radius 2 is 1.76 bits per heavy atom. The van der Waals surface area contributed by atoms with E-state index >= 15 is 0 Å². The fourth-order valence-electron chi connectivity index (χ4n) is 1.39. The molecule has 0 radical (unpaired) electrons. The molecule has 0 saturated carbocycles. The van der Waals surface area contributed by atoms with E-state index in [4.69, 9.17) is 5.11 Å². The number of nitrogens with zero attached hydrogens (tertiary/aromatic N) is 2. The molecule has 1 heterocycles. The van der Waals surface area contributed by atoms with E-state index in [9.17, 15) is 13.2 Å². The monoisotopic (exact) mass is 242 g/mol. The second-order valence-electron chi connectivity index (χ2n) is 3.56. The Morgan fingerprint density at radius 3 is 2.29 bits per heavy atom. The molecule has 0 bridgehead atoms. The van der Waals surface area contributed by atoms with Crippen molar-refractivity contribution >= 4 is 0 Å². The van der Waals surface area contributed by atoms with Gasteiger partial charge in [0, 0.05) is 6.20 Å². The predicted octanol–water partition coefficient (Wildman–Crippen LogP) is 2.66.